The van der Waals surface area contributed by atoms with Gasteiger partial charge in [-0.05, 0) is 12.5 Å². The Morgan fingerprint density at radius 1 is 1.89 bits per heavy atom. The SMILES string of the molecule is COCC1C=C(C)CO1. The molecule has 0 aromatic rings. The fraction of sp³-hybridized carbons (Fsp3) is 0.714. The summed E-state index contributed by atoms with van der Waals surface area (Å²) in [4.78, 5) is 0. The Labute approximate surface area is 55.5 Å². The van der Waals surface area contributed by atoms with Crippen LogP contribution in [0.25, 0.3) is 0 Å². The molecule has 2 heteroatoms. The first-order valence-corrected chi connectivity index (χ1v) is 3.11. The quantitative estimate of drug-likeness (QED) is 0.516. The van der Waals surface area contributed by atoms with Crippen LogP contribution in [-0.4, -0.2) is 26.4 Å². The highest BCUT2D eigenvalue weighted by molar-refractivity contribution is 5.07. The van der Waals surface area contributed by atoms with Crippen molar-refractivity contribution < 1.29 is 9.47 Å². The highest BCUT2D eigenvalue weighted by Crippen LogP contribution is 2.10. The maximum absolute atomic E-state index is 5.29. The molecule has 0 fully saturated rings. The summed E-state index contributed by atoms with van der Waals surface area (Å²) in [5, 5.41) is 0. The highest BCUT2D eigenvalue weighted by Gasteiger charge is 2.11. The van der Waals surface area contributed by atoms with Crippen LogP contribution in [-0.2, 0) is 9.47 Å². The Hall–Kier alpha value is -0.340. The van der Waals surface area contributed by atoms with Gasteiger partial charge in [-0.3, -0.25) is 0 Å². The molecule has 0 aromatic heterocycles. The van der Waals surface area contributed by atoms with Crippen molar-refractivity contribution in [2.75, 3.05) is 20.3 Å². The Morgan fingerprint density at radius 3 is 3.11 bits per heavy atom. The predicted molar refractivity (Wildman–Crippen MR) is 35.4 cm³/mol. The molecule has 0 bridgehead atoms. The number of methoxy groups -OCH3 is 1. The van der Waals surface area contributed by atoms with E-state index in [-0.39, 0.29) is 6.10 Å². The topological polar surface area (TPSA) is 18.5 Å². The van der Waals surface area contributed by atoms with Crippen LogP contribution in [0.5, 0.6) is 0 Å². The Bertz CT molecular complexity index is 118. The zero-order valence-corrected chi connectivity index (χ0v) is 5.89. The van der Waals surface area contributed by atoms with Gasteiger partial charge in [0.15, 0.2) is 0 Å². The lowest BCUT2D eigenvalue weighted by Crippen LogP contribution is -2.11. The zero-order chi connectivity index (χ0) is 6.69. The zero-order valence-electron chi connectivity index (χ0n) is 5.89. The standard InChI is InChI=1S/C7H12O2/c1-6-3-7(5-8-2)9-4-6/h3,7H,4-5H2,1-2H3. The molecular formula is C7H12O2. The molecule has 0 saturated carbocycles. The van der Waals surface area contributed by atoms with Crippen molar-refractivity contribution in [2.45, 2.75) is 13.0 Å². The summed E-state index contributed by atoms with van der Waals surface area (Å²) in [5.41, 5.74) is 1.30. The van der Waals surface area contributed by atoms with Crippen LogP contribution in [0.1, 0.15) is 6.92 Å². The van der Waals surface area contributed by atoms with Crippen LogP contribution in [0.2, 0.25) is 0 Å². The third-order valence-electron chi connectivity index (χ3n) is 1.33. The van der Waals surface area contributed by atoms with Crippen LogP contribution in [0.4, 0.5) is 0 Å². The average Bonchev–Trinajstić information content (AvgIpc) is 2.17. The number of hydrogen-bond donors (Lipinski definition) is 0. The van der Waals surface area contributed by atoms with Crippen molar-refractivity contribution in [1.29, 1.82) is 0 Å². The van der Waals surface area contributed by atoms with Gasteiger partial charge in [-0.15, -0.1) is 0 Å². The van der Waals surface area contributed by atoms with Crippen LogP contribution < -0.4 is 0 Å². The van der Waals surface area contributed by atoms with E-state index in [0.717, 1.165) is 6.61 Å². The molecular weight excluding hydrogens is 116 g/mol. The summed E-state index contributed by atoms with van der Waals surface area (Å²) in [7, 11) is 1.69. The molecule has 1 aliphatic rings. The lowest BCUT2D eigenvalue weighted by molar-refractivity contribution is 0.0509. The summed E-state index contributed by atoms with van der Waals surface area (Å²) < 4.78 is 10.2. The van der Waals surface area contributed by atoms with Crippen molar-refractivity contribution in [3.63, 3.8) is 0 Å². The molecule has 0 spiro atoms. The van der Waals surface area contributed by atoms with E-state index >= 15 is 0 Å². The first-order valence-electron chi connectivity index (χ1n) is 3.11. The van der Waals surface area contributed by atoms with E-state index in [1.165, 1.54) is 5.57 Å². The van der Waals surface area contributed by atoms with Gasteiger partial charge in [0.05, 0.1) is 19.3 Å². The normalized spacial score (nSPS) is 26.4. The van der Waals surface area contributed by atoms with Gasteiger partial charge in [0.2, 0.25) is 0 Å². The number of rotatable bonds is 2. The molecule has 0 aliphatic carbocycles. The minimum atomic E-state index is 0.204. The van der Waals surface area contributed by atoms with E-state index in [4.69, 9.17) is 9.47 Å². The molecule has 1 heterocycles. The third kappa shape index (κ3) is 1.80. The molecule has 0 aromatic carbocycles. The van der Waals surface area contributed by atoms with Gasteiger partial charge in [-0.2, -0.15) is 0 Å². The number of hydrogen-bond acceptors (Lipinski definition) is 2. The van der Waals surface area contributed by atoms with Crippen molar-refractivity contribution in [1.82, 2.24) is 0 Å². The second-order valence-electron chi connectivity index (χ2n) is 2.32. The van der Waals surface area contributed by atoms with Crippen molar-refractivity contribution in [3.8, 4) is 0 Å². The molecule has 1 atom stereocenters. The van der Waals surface area contributed by atoms with Crippen LogP contribution in [0.15, 0.2) is 11.6 Å². The molecule has 0 amide bonds. The second-order valence-corrected chi connectivity index (χ2v) is 2.32. The van der Waals surface area contributed by atoms with Crippen molar-refractivity contribution >= 4 is 0 Å². The van der Waals surface area contributed by atoms with E-state index in [1.54, 1.807) is 7.11 Å². The fourth-order valence-electron chi connectivity index (χ4n) is 0.913. The van der Waals surface area contributed by atoms with Gasteiger partial charge < -0.3 is 9.47 Å². The van der Waals surface area contributed by atoms with E-state index in [2.05, 4.69) is 13.0 Å². The average molecular weight is 128 g/mol. The Kier molecular flexibility index (Phi) is 2.25. The van der Waals surface area contributed by atoms with Crippen molar-refractivity contribution in [2.24, 2.45) is 0 Å². The summed E-state index contributed by atoms with van der Waals surface area (Å²) in [6.45, 7) is 3.51. The molecule has 0 radical (unpaired) electrons. The van der Waals surface area contributed by atoms with Crippen LogP contribution in [0.3, 0.4) is 0 Å². The van der Waals surface area contributed by atoms with Gasteiger partial charge in [-0.25, -0.2) is 0 Å². The highest BCUT2D eigenvalue weighted by atomic mass is 16.5. The first kappa shape index (κ1) is 6.78. The van der Waals surface area contributed by atoms with Gasteiger partial charge in [-0.1, -0.05) is 6.08 Å². The second kappa shape index (κ2) is 2.99. The fourth-order valence-corrected chi connectivity index (χ4v) is 0.913. The Morgan fingerprint density at radius 2 is 2.67 bits per heavy atom. The summed E-state index contributed by atoms with van der Waals surface area (Å²) in [5.74, 6) is 0. The Balaban J connectivity index is 2.29. The molecule has 1 aliphatic heterocycles. The monoisotopic (exact) mass is 128 g/mol. The molecule has 52 valence electrons. The van der Waals surface area contributed by atoms with Crippen molar-refractivity contribution in [3.05, 3.63) is 11.6 Å². The van der Waals surface area contributed by atoms with Crippen LogP contribution >= 0.6 is 0 Å². The summed E-state index contributed by atoms with van der Waals surface area (Å²) in [6, 6.07) is 0. The maximum atomic E-state index is 5.29. The summed E-state index contributed by atoms with van der Waals surface area (Å²) >= 11 is 0. The van der Waals surface area contributed by atoms with Gasteiger partial charge in [0.25, 0.3) is 0 Å². The van der Waals surface area contributed by atoms with E-state index in [9.17, 15) is 0 Å². The molecule has 1 rings (SSSR count). The number of ether oxygens (including phenoxy) is 2. The molecule has 0 saturated heterocycles. The predicted octanol–water partition coefficient (Wildman–Crippen LogP) is 0.978. The smallest absolute Gasteiger partial charge is 0.0996 e. The minimum absolute atomic E-state index is 0.204. The molecule has 2 nitrogen and oxygen atoms in total. The lowest BCUT2D eigenvalue weighted by Gasteiger charge is -2.04. The van der Waals surface area contributed by atoms with Gasteiger partial charge in [0, 0.05) is 7.11 Å². The molecule has 1 unspecified atom stereocenters. The lowest BCUT2D eigenvalue weighted by atomic mass is 10.3. The van der Waals surface area contributed by atoms with Gasteiger partial charge >= 0.3 is 0 Å². The van der Waals surface area contributed by atoms with E-state index in [0.29, 0.717) is 6.61 Å². The third-order valence-corrected chi connectivity index (χ3v) is 1.33. The van der Waals surface area contributed by atoms with Crippen LogP contribution in [0, 0.1) is 0 Å². The first-order chi connectivity index (χ1) is 4.33. The van der Waals surface area contributed by atoms with E-state index in [1.807, 2.05) is 0 Å². The molecule has 9 heavy (non-hydrogen) atoms. The minimum Gasteiger partial charge on any atom is -0.382 e. The maximum Gasteiger partial charge on any atom is 0.0996 e. The van der Waals surface area contributed by atoms with E-state index < -0.39 is 0 Å². The molecule has 0 N–H and O–H groups in total. The largest absolute Gasteiger partial charge is 0.382 e. The summed E-state index contributed by atoms with van der Waals surface area (Å²) in [6.07, 6.45) is 2.30. The van der Waals surface area contributed by atoms with Gasteiger partial charge in [0.1, 0.15) is 0 Å².